The molecule has 2 aromatic rings. The highest BCUT2D eigenvalue weighted by Gasteiger charge is 2.13. The second-order valence-electron chi connectivity index (χ2n) is 6.07. The summed E-state index contributed by atoms with van der Waals surface area (Å²) in [7, 11) is 1.65. The van der Waals surface area contributed by atoms with E-state index in [9.17, 15) is 8.78 Å². The molecule has 5 nitrogen and oxygen atoms in total. The molecule has 0 atom stereocenters. The summed E-state index contributed by atoms with van der Waals surface area (Å²) in [4.78, 5) is 4.11. The van der Waals surface area contributed by atoms with Crippen LogP contribution in [-0.2, 0) is 13.0 Å². The van der Waals surface area contributed by atoms with Gasteiger partial charge in [-0.15, -0.1) is 24.0 Å². The third-order valence-corrected chi connectivity index (χ3v) is 4.33. The van der Waals surface area contributed by atoms with Gasteiger partial charge in [0.1, 0.15) is 11.6 Å². The maximum absolute atomic E-state index is 13.6. The fourth-order valence-corrected chi connectivity index (χ4v) is 2.75. The minimum Gasteiger partial charge on any atom is -0.359 e. The van der Waals surface area contributed by atoms with E-state index < -0.39 is 11.6 Å². The molecule has 0 aliphatic carbocycles. The van der Waals surface area contributed by atoms with Crippen LogP contribution in [0.3, 0.4) is 0 Å². The van der Waals surface area contributed by atoms with E-state index in [1.165, 1.54) is 6.07 Å². The topological polar surface area (TPSA) is 62.5 Å². The molecule has 27 heavy (non-hydrogen) atoms. The molecule has 0 fully saturated rings. The number of rotatable bonds is 8. The normalized spacial score (nSPS) is 11.4. The Morgan fingerprint density at radius 2 is 1.93 bits per heavy atom. The van der Waals surface area contributed by atoms with E-state index in [2.05, 4.69) is 34.6 Å². The van der Waals surface area contributed by atoms with Gasteiger partial charge in [-0.2, -0.15) is 0 Å². The number of nitrogens with one attached hydrogen (secondary N) is 2. The Balaban J connectivity index is 0.00000364. The minimum absolute atomic E-state index is 0. The van der Waals surface area contributed by atoms with Crippen LogP contribution in [0, 0.1) is 11.6 Å². The van der Waals surface area contributed by atoms with Crippen LogP contribution in [0.15, 0.2) is 33.8 Å². The van der Waals surface area contributed by atoms with Crippen LogP contribution in [0.25, 0.3) is 0 Å². The molecule has 1 heterocycles. The van der Waals surface area contributed by atoms with E-state index in [0.717, 1.165) is 36.4 Å². The van der Waals surface area contributed by atoms with Crippen molar-refractivity contribution in [3.8, 4) is 0 Å². The third-order valence-electron chi connectivity index (χ3n) is 4.33. The van der Waals surface area contributed by atoms with Crippen LogP contribution >= 0.6 is 24.0 Å². The zero-order chi connectivity index (χ0) is 18.9. The summed E-state index contributed by atoms with van der Waals surface area (Å²) in [6, 6.07) is 5.42. The van der Waals surface area contributed by atoms with Crippen molar-refractivity contribution in [2.24, 2.45) is 4.99 Å². The highest BCUT2D eigenvalue weighted by atomic mass is 127. The Kier molecular flexibility index (Phi) is 10.3. The molecule has 0 bridgehead atoms. The number of nitrogens with zero attached hydrogens (tertiary/aromatic N) is 2. The molecule has 2 N–H and O–H groups in total. The highest BCUT2D eigenvalue weighted by Crippen LogP contribution is 2.22. The molecular weight excluding hydrogens is 465 g/mol. The molecule has 8 heteroatoms. The maximum atomic E-state index is 13.6. The lowest BCUT2D eigenvalue weighted by molar-refractivity contribution is 0.368. The molecule has 0 amide bonds. The molecule has 0 saturated carbocycles. The molecule has 2 rings (SSSR count). The summed E-state index contributed by atoms with van der Waals surface area (Å²) in [5.41, 5.74) is 1.30. The quantitative estimate of drug-likeness (QED) is 0.326. The lowest BCUT2D eigenvalue weighted by Crippen LogP contribution is -2.37. The van der Waals surface area contributed by atoms with Gasteiger partial charge in [-0.3, -0.25) is 4.99 Å². The standard InChI is InChI=1S/C19H26F2N4O.HI/c1-4-13(5-2)18-11-16(26-25-18)12-24-19(22-3)23-9-8-14-10-15(20)6-7-17(14)21;/h6-7,10-11,13H,4-5,8-9,12H2,1-3H3,(H2,22,23,24);1H. The van der Waals surface area contributed by atoms with E-state index in [1.807, 2.05) is 6.07 Å². The van der Waals surface area contributed by atoms with Gasteiger partial charge in [0.05, 0.1) is 12.2 Å². The van der Waals surface area contributed by atoms with Crippen LogP contribution in [-0.4, -0.2) is 24.7 Å². The van der Waals surface area contributed by atoms with Gasteiger partial charge in [0.15, 0.2) is 11.7 Å². The smallest absolute Gasteiger partial charge is 0.191 e. The number of aromatic nitrogens is 1. The fourth-order valence-electron chi connectivity index (χ4n) is 2.75. The molecule has 0 aliphatic rings. The Hall–Kier alpha value is -1.71. The first kappa shape index (κ1) is 23.3. The SMILES string of the molecule is CCC(CC)c1cc(CNC(=NC)NCCc2cc(F)ccc2F)on1.I. The van der Waals surface area contributed by atoms with Crippen molar-refractivity contribution in [2.45, 2.75) is 45.6 Å². The number of aliphatic imine (C=N–C) groups is 1. The van der Waals surface area contributed by atoms with Crippen molar-refractivity contribution in [1.29, 1.82) is 0 Å². The van der Waals surface area contributed by atoms with Crippen molar-refractivity contribution >= 4 is 29.9 Å². The van der Waals surface area contributed by atoms with E-state index in [-0.39, 0.29) is 24.0 Å². The van der Waals surface area contributed by atoms with E-state index in [4.69, 9.17) is 4.52 Å². The average molecular weight is 492 g/mol. The first-order valence-electron chi connectivity index (χ1n) is 8.91. The van der Waals surface area contributed by atoms with Crippen molar-refractivity contribution in [1.82, 2.24) is 15.8 Å². The van der Waals surface area contributed by atoms with E-state index >= 15 is 0 Å². The lowest BCUT2D eigenvalue weighted by atomic mass is 9.99. The Bertz CT molecular complexity index is 732. The van der Waals surface area contributed by atoms with Gasteiger partial charge in [0.25, 0.3) is 0 Å². The Morgan fingerprint density at radius 1 is 1.19 bits per heavy atom. The molecule has 0 unspecified atom stereocenters. The zero-order valence-electron chi connectivity index (χ0n) is 15.9. The number of guanidine groups is 1. The highest BCUT2D eigenvalue weighted by molar-refractivity contribution is 14.0. The van der Waals surface area contributed by atoms with Crippen LogP contribution in [0.4, 0.5) is 8.78 Å². The molecule has 0 aliphatic heterocycles. The van der Waals surface area contributed by atoms with Crippen molar-refractivity contribution in [2.75, 3.05) is 13.6 Å². The monoisotopic (exact) mass is 492 g/mol. The van der Waals surface area contributed by atoms with Gasteiger partial charge < -0.3 is 15.2 Å². The summed E-state index contributed by atoms with van der Waals surface area (Å²) >= 11 is 0. The molecule has 0 saturated heterocycles. The summed E-state index contributed by atoms with van der Waals surface area (Å²) < 4.78 is 32.2. The minimum atomic E-state index is -0.442. The Morgan fingerprint density at radius 3 is 2.59 bits per heavy atom. The van der Waals surface area contributed by atoms with Gasteiger partial charge in [-0.05, 0) is 43.0 Å². The van der Waals surface area contributed by atoms with E-state index in [0.29, 0.717) is 37.0 Å². The van der Waals surface area contributed by atoms with E-state index in [1.54, 1.807) is 7.05 Å². The first-order chi connectivity index (χ1) is 12.6. The fraction of sp³-hybridized carbons (Fsp3) is 0.474. The summed E-state index contributed by atoms with van der Waals surface area (Å²) in [6.07, 6.45) is 2.40. The largest absolute Gasteiger partial charge is 0.359 e. The van der Waals surface area contributed by atoms with Crippen LogP contribution in [0.5, 0.6) is 0 Å². The lowest BCUT2D eigenvalue weighted by Gasteiger charge is -2.11. The van der Waals surface area contributed by atoms with Crippen LogP contribution < -0.4 is 10.6 Å². The van der Waals surface area contributed by atoms with Gasteiger partial charge >= 0.3 is 0 Å². The second-order valence-corrected chi connectivity index (χ2v) is 6.07. The van der Waals surface area contributed by atoms with Gasteiger partial charge in [0.2, 0.25) is 0 Å². The maximum Gasteiger partial charge on any atom is 0.191 e. The van der Waals surface area contributed by atoms with Gasteiger partial charge in [0, 0.05) is 25.6 Å². The van der Waals surface area contributed by atoms with Crippen molar-refractivity contribution in [3.05, 3.63) is 52.9 Å². The summed E-state index contributed by atoms with van der Waals surface area (Å²) in [5.74, 6) is 0.841. The second kappa shape index (κ2) is 11.9. The van der Waals surface area contributed by atoms with Crippen molar-refractivity contribution < 1.29 is 13.3 Å². The predicted molar refractivity (Wildman–Crippen MR) is 114 cm³/mol. The zero-order valence-corrected chi connectivity index (χ0v) is 18.2. The molecule has 1 aromatic heterocycles. The number of benzene rings is 1. The number of halogens is 3. The molecule has 0 spiro atoms. The molecule has 1 aromatic carbocycles. The molecule has 0 radical (unpaired) electrons. The summed E-state index contributed by atoms with van der Waals surface area (Å²) in [6.45, 7) is 5.14. The Labute approximate surface area is 176 Å². The predicted octanol–water partition coefficient (Wildman–Crippen LogP) is 4.38. The van der Waals surface area contributed by atoms with Crippen LogP contribution in [0.2, 0.25) is 0 Å². The molecule has 150 valence electrons. The average Bonchev–Trinajstić information content (AvgIpc) is 3.10. The van der Waals surface area contributed by atoms with Gasteiger partial charge in [-0.25, -0.2) is 8.78 Å². The number of hydrogen-bond donors (Lipinski definition) is 2. The number of hydrogen-bond acceptors (Lipinski definition) is 3. The van der Waals surface area contributed by atoms with Gasteiger partial charge in [-0.1, -0.05) is 19.0 Å². The summed E-state index contributed by atoms with van der Waals surface area (Å²) in [5, 5.41) is 10.3. The first-order valence-corrected chi connectivity index (χ1v) is 8.91. The van der Waals surface area contributed by atoms with Crippen LogP contribution in [0.1, 0.15) is 49.6 Å². The van der Waals surface area contributed by atoms with Crippen molar-refractivity contribution in [3.63, 3.8) is 0 Å². The molecular formula is C19H27F2IN4O. The third kappa shape index (κ3) is 7.08.